The van der Waals surface area contributed by atoms with Crippen molar-refractivity contribution in [3.05, 3.63) is 0 Å². The predicted molar refractivity (Wildman–Crippen MR) is 46.1 cm³/mol. The van der Waals surface area contributed by atoms with Gasteiger partial charge in [0.25, 0.3) is 0 Å². The van der Waals surface area contributed by atoms with E-state index < -0.39 is 5.97 Å². The van der Waals surface area contributed by atoms with Crippen molar-refractivity contribution in [3.63, 3.8) is 0 Å². The van der Waals surface area contributed by atoms with Gasteiger partial charge >= 0.3 is 5.97 Å². The van der Waals surface area contributed by atoms with Gasteiger partial charge < -0.3 is 15.3 Å². The van der Waals surface area contributed by atoms with Gasteiger partial charge in [0.15, 0.2) is 0 Å². The SMILES string of the molecule is CN(C)C1CNCCC1C(=O)O. The van der Waals surface area contributed by atoms with E-state index in [9.17, 15) is 4.79 Å². The Morgan fingerprint density at radius 2 is 2.25 bits per heavy atom. The molecule has 0 aromatic heterocycles. The summed E-state index contributed by atoms with van der Waals surface area (Å²) in [5.74, 6) is -0.878. The van der Waals surface area contributed by atoms with Gasteiger partial charge in [0.1, 0.15) is 0 Å². The summed E-state index contributed by atoms with van der Waals surface area (Å²) in [6.07, 6.45) is 0.734. The maximum Gasteiger partial charge on any atom is 0.308 e. The Morgan fingerprint density at radius 1 is 1.58 bits per heavy atom. The predicted octanol–water partition coefficient (Wildman–Crippen LogP) is -0.389. The molecule has 0 aromatic rings. The fourth-order valence-corrected chi connectivity index (χ4v) is 1.67. The van der Waals surface area contributed by atoms with Gasteiger partial charge in [0, 0.05) is 12.6 Å². The average molecular weight is 172 g/mol. The number of rotatable bonds is 2. The molecule has 70 valence electrons. The van der Waals surface area contributed by atoms with Gasteiger partial charge in [-0.15, -0.1) is 0 Å². The first-order valence-corrected chi connectivity index (χ1v) is 4.23. The molecule has 2 unspecified atom stereocenters. The van der Waals surface area contributed by atoms with Crippen molar-refractivity contribution in [1.82, 2.24) is 10.2 Å². The molecule has 4 heteroatoms. The monoisotopic (exact) mass is 172 g/mol. The molecule has 0 saturated carbocycles. The smallest absolute Gasteiger partial charge is 0.308 e. The summed E-state index contributed by atoms with van der Waals surface area (Å²) in [5, 5.41) is 12.1. The number of piperidine rings is 1. The van der Waals surface area contributed by atoms with E-state index in [-0.39, 0.29) is 12.0 Å². The van der Waals surface area contributed by atoms with Crippen LogP contribution in [0, 0.1) is 5.92 Å². The zero-order valence-corrected chi connectivity index (χ0v) is 7.58. The normalized spacial score (nSPS) is 30.6. The van der Waals surface area contributed by atoms with Crippen molar-refractivity contribution in [3.8, 4) is 0 Å². The highest BCUT2D eigenvalue weighted by molar-refractivity contribution is 5.71. The van der Waals surface area contributed by atoms with Gasteiger partial charge in [-0.05, 0) is 27.1 Å². The van der Waals surface area contributed by atoms with Crippen LogP contribution in [0.25, 0.3) is 0 Å². The number of carboxylic acid groups (broad SMARTS) is 1. The van der Waals surface area contributed by atoms with Crippen LogP contribution >= 0.6 is 0 Å². The minimum atomic E-state index is -0.671. The van der Waals surface area contributed by atoms with Crippen molar-refractivity contribution < 1.29 is 9.90 Å². The number of carbonyl (C=O) groups is 1. The second-order valence-electron chi connectivity index (χ2n) is 3.47. The largest absolute Gasteiger partial charge is 0.481 e. The highest BCUT2D eigenvalue weighted by Gasteiger charge is 2.31. The van der Waals surface area contributed by atoms with E-state index in [1.807, 2.05) is 19.0 Å². The summed E-state index contributed by atoms with van der Waals surface area (Å²) < 4.78 is 0. The lowest BCUT2D eigenvalue weighted by atomic mass is 9.92. The van der Waals surface area contributed by atoms with Crippen LogP contribution in [0.1, 0.15) is 6.42 Å². The number of hydrogen-bond donors (Lipinski definition) is 2. The Hall–Kier alpha value is -0.610. The molecule has 0 aliphatic carbocycles. The molecule has 4 nitrogen and oxygen atoms in total. The molecular formula is C8H16N2O2. The Balaban J connectivity index is 2.60. The molecule has 0 spiro atoms. The van der Waals surface area contributed by atoms with Crippen LogP contribution in [0.2, 0.25) is 0 Å². The quantitative estimate of drug-likeness (QED) is 0.595. The van der Waals surface area contributed by atoms with Crippen molar-refractivity contribution in [2.24, 2.45) is 5.92 Å². The fraction of sp³-hybridized carbons (Fsp3) is 0.875. The number of aliphatic carboxylic acids is 1. The molecule has 1 saturated heterocycles. The molecule has 0 aromatic carbocycles. The zero-order valence-electron chi connectivity index (χ0n) is 7.58. The Kier molecular flexibility index (Phi) is 3.05. The fourth-order valence-electron chi connectivity index (χ4n) is 1.67. The molecule has 2 atom stereocenters. The molecule has 0 bridgehead atoms. The summed E-state index contributed by atoms with van der Waals surface area (Å²) in [5.41, 5.74) is 0. The summed E-state index contributed by atoms with van der Waals surface area (Å²) in [6.45, 7) is 1.60. The van der Waals surface area contributed by atoms with Crippen LogP contribution in [-0.4, -0.2) is 49.2 Å². The Morgan fingerprint density at radius 3 is 2.67 bits per heavy atom. The molecule has 1 aliphatic heterocycles. The lowest BCUT2D eigenvalue weighted by Crippen LogP contribution is -2.50. The molecule has 1 fully saturated rings. The highest BCUT2D eigenvalue weighted by atomic mass is 16.4. The summed E-state index contributed by atoms with van der Waals surface area (Å²) in [4.78, 5) is 12.8. The number of carboxylic acids is 1. The number of likely N-dealkylation sites (N-methyl/N-ethyl adjacent to an activating group) is 1. The molecular weight excluding hydrogens is 156 g/mol. The summed E-state index contributed by atoms with van der Waals surface area (Å²) in [6, 6.07) is 0.135. The van der Waals surface area contributed by atoms with E-state index in [4.69, 9.17) is 5.11 Å². The molecule has 1 heterocycles. The summed E-state index contributed by atoms with van der Waals surface area (Å²) in [7, 11) is 3.85. The molecule has 1 rings (SSSR count). The van der Waals surface area contributed by atoms with Crippen LogP contribution < -0.4 is 5.32 Å². The lowest BCUT2D eigenvalue weighted by molar-refractivity contribution is -0.144. The first-order valence-electron chi connectivity index (χ1n) is 4.23. The average Bonchev–Trinajstić information content (AvgIpc) is 2.04. The van der Waals surface area contributed by atoms with E-state index in [1.54, 1.807) is 0 Å². The van der Waals surface area contributed by atoms with Crippen molar-refractivity contribution >= 4 is 5.97 Å². The van der Waals surface area contributed by atoms with E-state index in [0.717, 1.165) is 19.5 Å². The standard InChI is InChI=1S/C8H16N2O2/c1-10(2)7-5-9-4-3-6(7)8(11)12/h6-7,9H,3-5H2,1-2H3,(H,11,12). The van der Waals surface area contributed by atoms with Gasteiger partial charge in [0.2, 0.25) is 0 Å². The van der Waals surface area contributed by atoms with Crippen LogP contribution in [0.5, 0.6) is 0 Å². The van der Waals surface area contributed by atoms with Crippen molar-refractivity contribution in [1.29, 1.82) is 0 Å². The topological polar surface area (TPSA) is 52.6 Å². The minimum Gasteiger partial charge on any atom is -0.481 e. The van der Waals surface area contributed by atoms with Gasteiger partial charge in [-0.1, -0.05) is 0 Å². The van der Waals surface area contributed by atoms with E-state index in [1.165, 1.54) is 0 Å². The zero-order chi connectivity index (χ0) is 9.14. The summed E-state index contributed by atoms with van der Waals surface area (Å²) >= 11 is 0. The van der Waals surface area contributed by atoms with E-state index >= 15 is 0 Å². The second-order valence-corrected chi connectivity index (χ2v) is 3.47. The minimum absolute atomic E-state index is 0.135. The van der Waals surface area contributed by atoms with Gasteiger partial charge in [-0.3, -0.25) is 4.79 Å². The van der Waals surface area contributed by atoms with Crippen LogP contribution in [-0.2, 0) is 4.79 Å². The van der Waals surface area contributed by atoms with Crippen molar-refractivity contribution in [2.75, 3.05) is 27.2 Å². The molecule has 1 aliphatic rings. The van der Waals surface area contributed by atoms with Gasteiger partial charge in [-0.2, -0.15) is 0 Å². The first kappa shape index (κ1) is 9.48. The number of hydrogen-bond acceptors (Lipinski definition) is 3. The third-order valence-corrected chi connectivity index (χ3v) is 2.43. The van der Waals surface area contributed by atoms with E-state index in [2.05, 4.69) is 5.32 Å². The number of nitrogens with one attached hydrogen (secondary N) is 1. The van der Waals surface area contributed by atoms with Crippen LogP contribution in [0.3, 0.4) is 0 Å². The Bertz CT molecular complexity index is 170. The van der Waals surface area contributed by atoms with E-state index in [0.29, 0.717) is 0 Å². The van der Waals surface area contributed by atoms with Gasteiger partial charge in [-0.25, -0.2) is 0 Å². The van der Waals surface area contributed by atoms with Crippen LogP contribution in [0.4, 0.5) is 0 Å². The third-order valence-electron chi connectivity index (χ3n) is 2.43. The maximum atomic E-state index is 10.8. The molecule has 12 heavy (non-hydrogen) atoms. The lowest BCUT2D eigenvalue weighted by Gasteiger charge is -2.33. The maximum absolute atomic E-state index is 10.8. The molecule has 2 N–H and O–H groups in total. The molecule has 0 radical (unpaired) electrons. The highest BCUT2D eigenvalue weighted by Crippen LogP contribution is 2.16. The first-order chi connectivity index (χ1) is 5.63. The van der Waals surface area contributed by atoms with Crippen molar-refractivity contribution in [2.45, 2.75) is 12.5 Å². The van der Waals surface area contributed by atoms with Crippen LogP contribution in [0.15, 0.2) is 0 Å². The Labute approximate surface area is 72.6 Å². The second kappa shape index (κ2) is 3.87. The molecule has 0 amide bonds. The number of nitrogens with zero attached hydrogens (tertiary/aromatic N) is 1. The third kappa shape index (κ3) is 1.95. The van der Waals surface area contributed by atoms with Gasteiger partial charge in [0.05, 0.1) is 5.92 Å².